The van der Waals surface area contributed by atoms with Crippen LogP contribution in [0.4, 0.5) is 11.4 Å². The summed E-state index contributed by atoms with van der Waals surface area (Å²) in [6, 6.07) is 16.5. The SMILES string of the molecule is Cc1cccc(CN(C)c2cccc(N)c2)c1. The normalized spacial score (nSPS) is 10.2. The molecule has 2 nitrogen and oxygen atoms in total. The second kappa shape index (κ2) is 4.91. The fourth-order valence-corrected chi connectivity index (χ4v) is 1.94. The topological polar surface area (TPSA) is 29.3 Å². The molecule has 0 radical (unpaired) electrons. The summed E-state index contributed by atoms with van der Waals surface area (Å²) in [6.45, 7) is 3.01. The predicted octanol–water partition coefficient (Wildman–Crippen LogP) is 3.21. The number of benzene rings is 2. The molecule has 17 heavy (non-hydrogen) atoms. The lowest BCUT2D eigenvalue weighted by molar-refractivity contribution is 0.922. The molecule has 0 saturated carbocycles. The number of hydrogen-bond acceptors (Lipinski definition) is 2. The van der Waals surface area contributed by atoms with Crippen molar-refractivity contribution in [1.29, 1.82) is 0 Å². The van der Waals surface area contributed by atoms with Crippen molar-refractivity contribution in [2.24, 2.45) is 0 Å². The molecule has 2 N–H and O–H groups in total. The molecule has 0 aromatic heterocycles. The van der Waals surface area contributed by atoms with Gasteiger partial charge in [0.1, 0.15) is 0 Å². The Hall–Kier alpha value is -1.96. The molecule has 2 rings (SSSR count). The van der Waals surface area contributed by atoms with E-state index in [1.165, 1.54) is 11.1 Å². The lowest BCUT2D eigenvalue weighted by Gasteiger charge is -2.20. The Kier molecular flexibility index (Phi) is 3.33. The van der Waals surface area contributed by atoms with Crippen LogP contribution in [0.25, 0.3) is 0 Å². The van der Waals surface area contributed by atoms with Gasteiger partial charge in [-0.2, -0.15) is 0 Å². The van der Waals surface area contributed by atoms with Crippen LogP contribution in [-0.2, 0) is 6.54 Å². The second-order valence-electron chi connectivity index (χ2n) is 4.44. The second-order valence-corrected chi connectivity index (χ2v) is 4.44. The standard InChI is InChI=1S/C15H18N2/c1-12-5-3-6-13(9-12)11-17(2)15-8-4-7-14(16)10-15/h3-10H,11,16H2,1-2H3. The van der Waals surface area contributed by atoms with Gasteiger partial charge in [-0.25, -0.2) is 0 Å². The summed E-state index contributed by atoms with van der Waals surface area (Å²) >= 11 is 0. The van der Waals surface area contributed by atoms with Gasteiger partial charge >= 0.3 is 0 Å². The summed E-state index contributed by atoms with van der Waals surface area (Å²) < 4.78 is 0. The van der Waals surface area contributed by atoms with Crippen LogP contribution in [-0.4, -0.2) is 7.05 Å². The minimum Gasteiger partial charge on any atom is -0.399 e. The molecule has 0 aliphatic carbocycles. The van der Waals surface area contributed by atoms with E-state index in [-0.39, 0.29) is 0 Å². The average molecular weight is 226 g/mol. The van der Waals surface area contributed by atoms with Crippen LogP contribution in [0.1, 0.15) is 11.1 Å². The van der Waals surface area contributed by atoms with Gasteiger partial charge in [-0.1, -0.05) is 35.9 Å². The first-order chi connectivity index (χ1) is 8.15. The fraction of sp³-hybridized carbons (Fsp3) is 0.200. The first-order valence-electron chi connectivity index (χ1n) is 5.77. The highest BCUT2D eigenvalue weighted by atomic mass is 15.1. The molecule has 0 saturated heterocycles. The lowest BCUT2D eigenvalue weighted by Crippen LogP contribution is -2.16. The van der Waals surface area contributed by atoms with E-state index in [1.807, 2.05) is 18.2 Å². The number of aryl methyl sites for hydroxylation is 1. The maximum Gasteiger partial charge on any atom is 0.0426 e. The maximum absolute atomic E-state index is 5.79. The van der Waals surface area contributed by atoms with Crippen molar-refractivity contribution in [2.45, 2.75) is 13.5 Å². The van der Waals surface area contributed by atoms with Crippen LogP contribution >= 0.6 is 0 Å². The Balaban J connectivity index is 2.14. The number of nitrogens with two attached hydrogens (primary N) is 1. The van der Waals surface area contributed by atoms with Crippen molar-refractivity contribution in [3.05, 3.63) is 59.7 Å². The first-order valence-corrected chi connectivity index (χ1v) is 5.77. The van der Waals surface area contributed by atoms with Crippen LogP contribution in [0.3, 0.4) is 0 Å². The van der Waals surface area contributed by atoms with Gasteiger partial charge < -0.3 is 10.6 Å². The van der Waals surface area contributed by atoms with Gasteiger partial charge in [0.15, 0.2) is 0 Å². The van der Waals surface area contributed by atoms with E-state index in [0.29, 0.717) is 0 Å². The van der Waals surface area contributed by atoms with Crippen molar-refractivity contribution in [3.8, 4) is 0 Å². The van der Waals surface area contributed by atoms with Gasteiger partial charge in [0, 0.05) is 25.0 Å². The molecule has 0 aliphatic heterocycles. The Morgan fingerprint density at radius 2 is 1.82 bits per heavy atom. The molecule has 2 heteroatoms. The van der Waals surface area contributed by atoms with E-state index in [0.717, 1.165) is 17.9 Å². The summed E-state index contributed by atoms with van der Waals surface area (Å²) in [4.78, 5) is 2.20. The zero-order valence-electron chi connectivity index (χ0n) is 10.4. The summed E-state index contributed by atoms with van der Waals surface area (Å²) in [5, 5.41) is 0. The molecule has 0 aliphatic rings. The Bertz CT molecular complexity index is 506. The zero-order chi connectivity index (χ0) is 12.3. The van der Waals surface area contributed by atoms with E-state index in [1.54, 1.807) is 0 Å². The molecule has 0 bridgehead atoms. The van der Waals surface area contributed by atoms with E-state index < -0.39 is 0 Å². The van der Waals surface area contributed by atoms with E-state index in [2.05, 4.69) is 49.2 Å². The smallest absolute Gasteiger partial charge is 0.0426 e. The molecule has 0 amide bonds. The third kappa shape index (κ3) is 3.00. The van der Waals surface area contributed by atoms with Crippen LogP contribution in [0.2, 0.25) is 0 Å². The van der Waals surface area contributed by atoms with Crippen molar-refractivity contribution < 1.29 is 0 Å². The highest BCUT2D eigenvalue weighted by molar-refractivity contribution is 5.55. The van der Waals surface area contributed by atoms with Crippen LogP contribution in [0, 0.1) is 6.92 Å². The largest absolute Gasteiger partial charge is 0.399 e. The molecule has 0 atom stereocenters. The first kappa shape index (κ1) is 11.5. The molecule has 2 aromatic carbocycles. The van der Waals surface area contributed by atoms with E-state index in [4.69, 9.17) is 5.73 Å². The number of anilines is 2. The van der Waals surface area contributed by atoms with Crippen molar-refractivity contribution in [2.75, 3.05) is 17.7 Å². The van der Waals surface area contributed by atoms with E-state index in [9.17, 15) is 0 Å². The third-order valence-corrected chi connectivity index (χ3v) is 2.81. The lowest BCUT2D eigenvalue weighted by atomic mass is 10.1. The molecule has 0 spiro atoms. The summed E-state index contributed by atoms with van der Waals surface area (Å²) in [6.07, 6.45) is 0. The summed E-state index contributed by atoms with van der Waals surface area (Å²) in [5.74, 6) is 0. The van der Waals surface area contributed by atoms with Gasteiger partial charge in [0.05, 0.1) is 0 Å². The van der Waals surface area contributed by atoms with Crippen LogP contribution in [0.5, 0.6) is 0 Å². The molecule has 0 heterocycles. The van der Waals surface area contributed by atoms with Gasteiger partial charge in [0.25, 0.3) is 0 Å². The van der Waals surface area contributed by atoms with Gasteiger partial charge in [-0.05, 0) is 30.7 Å². The summed E-state index contributed by atoms with van der Waals surface area (Å²) in [5.41, 5.74) is 10.3. The Morgan fingerprint density at radius 1 is 1.06 bits per heavy atom. The molecular formula is C15H18N2. The minimum absolute atomic E-state index is 0.804. The third-order valence-electron chi connectivity index (χ3n) is 2.81. The van der Waals surface area contributed by atoms with Gasteiger partial charge in [-0.3, -0.25) is 0 Å². The van der Waals surface area contributed by atoms with Gasteiger partial charge in [-0.15, -0.1) is 0 Å². The molecule has 2 aromatic rings. The zero-order valence-corrected chi connectivity index (χ0v) is 10.4. The maximum atomic E-state index is 5.79. The highest BCUT2D eigenvalue weighted by Crippen LogP contribution is 2.18. The molecule has 88 valence electrons. The predicted molar refractivity (Wildman–Crippen MR) is 74.1 cm³/mol. The fourth-order valence-electron chi connectivity index (χ4n) is 1.94. The Labute approximate surface area is 103 Å². The average Bonchev–Trinajstić information content (AvgIpc) is 2.29. The summed E-state index contributed by atoms with van der Waals surface area (Å²) in [7, 11) is 2.08. The quantitative estimate of drug-likeness (QED) is 0.814. The molecule has 0 unspecified atom stereocenters. The minimum atomic E-state index is 0.804. The molecule has 0 fully saturated rings. The number of rotatable bonds is 3. The van der Waals surface area contributed by atoms with Crippen molar-refractivity contribution in [1.82, 2.24) is 0 Å². The number of nitrogen functional groups attached to an aromatic ring is 1. The van der Waals surface area contributed by atoms with Crippen LogP contribution < -0.4 is 10.6 Å². The van der Waals surface area contributed by atoms with Gasteiger partial charge in [0.2, 0.25) is 0 Å². The van der Waals surface area contributed by atoms with Crippen molar-refractivity contribution in [3.63, 3.8) is 0 Å². The monoisotopic (exact) mass is 226 g/mol. The highest BCUT2D eigenvalue weighted by Gasteiger charge is 2.02. The van der Waals surface area contributed by atoms with Crippen LogP contribution in [0.15, 0.2) is 48.5 Å². The number of nitrogens with zero attached hydrogens (tertiary/aromatic N) is 1. The number of hydrogen-bond donors (Lipinski definition) is 1. The van der Waals surface area contributed by atoms with Crippen molar-refractivity contribution >= 4 is 11.4 Å². The Morgan fingerprint density at radius 3 is 2.53 bits per heavy atom. The molecular weight excluding hydrogens is 208 g/mol. The van der Waals surface area contributed by atoms with E-state index >= 15 is 0 Å².